The molecule has 1 heterocycles. The van der Waals surface area contributed by atoms with Crippen molar-refractivity contribution in [3.63, 3.8) is 0 Å². The highest BCUT2D eigenvalue weighted by Gasteiger charge is 2.03. The van der Waals surface area contributed by atoms with Crippen molar-refractivity contribution >= 4 is 11.3 Å². The Bertz CT molecular complexity index is 283. The molecule has 0 aliphatic heterocycles. The van der Waals surface area contributed by atoms with Gasteiger partial charge in [-0.15, -0.1) is 11.3 Å². The van der Waals surface area contributed by atoms with Crippen LogP contribution in [0.25, 0.3) is 0 Å². The van der Waals surface area contributed by atoms with E-state index in [9.17, 15) is 0 Å². The van der Waals surface area contributed by atoms with Crippen molar-refractivity contribution in [2.75, 3.05) is 6.54 Å². The molecule has 4 heteroatoms. The highest BCUT2D eigenvalue weighted by atomic mass is 32.1. The van der Waals surface area contributed by atoms with Crippen LogP contribution in [0.4, 0.5) is 0 Å². The van der Waals surface area contributed by atoms with Crippen molar-refractivity contribution in [3.05, 3.63) is 16.1 Å². The van der Waals surface area contributed by atoms with E-state index in [0.29, 0.717) is 12.1 Å². The average Bonchev–Trinajstić information content (AvgIpc) is 2.58. The van der Waals surface area contributed by atoms with Gasteiger partial charge in [-0.1, -0.05) is 13.8 Å². The van der Waals surface area contributed by atoms with Crippen LogP contribution in [0, 0.1) is 6.92 Å². The van der Waals surface area contributed by atoms with Gasteiger partial charge in [-0.25, -0.2) is 4.98 Å². The minimum absolute atomic E-state index is 0.495. The largest absolute Gasteiger partial charge is 0.313 e. The van der Waals surface area contributed by atoms with Crippen LogP contribution in [-0.2, 0) is 6.54 Å². The molecule has 0 saturated carbocycles. The maximum Gasteiger partial charge on any atom is 0.0897 e. The highest BCUT2D eigenvalue weighted by molar-refractivity contribution is 7.11. The van der Waals surface area contributed by atoms with Gasteiger partial charge in [0.25, 0.3) is 0 Å². The molecule has 86 valence electrons. The lowest BCUT2D eigenvalue weighted by atomic mass is 10.3. The third-order valence-corrected chi connectivity index (χ3v) is 3.04. The van der Waals surface area contributed by atoms with Crippen LogP contribution < -0.4 is 10.6 Å². The lowest BCUT2D eigenvalue weighted by Crippen LogP contribution is -2.38. The summed E-state index contributed by atoms with van der Waals surface area (Å²) in [6.45, 7) is 10.5. The van der Waals surface area contributed by atoms with E-state index >= 15 is 0 Å². The van der Waals surface area contributed by atoms with Crippen molar-refractivity contribution in [2.24, 2.45) is 0 Å². The third kappa shape index (κ3) is 5.25. The van der Waals surface area contributed by atoms with Crippen molar-refractivity contribution in [1.29, 1.82) is 0 Å². The van der Waals surface area contributed by atoms with Crippen LogP contribution in [-0.4, -0.2) is 23.6 Å². The molecule has 1 aromatic rings. The SMILES string of the molecule is Cc1ncc(CNC(C)CNC(C)C)s1. The van der Waals surface area contributed by atoms with Crippen LogP contribution in [0.3, 0.4) is 0 Å². The monoisotopic (exact) mass is 227 g/mol. The predicted molar refractivity (Wildman–Crippen MR) is 66.3 cm³/mol. The Balaban J connectivity index is 2.19. The van der Waals surface area contributed by atoms with Gasteiger partial charge in [0.1, 0.15) is 0 Å². The molecule has 1 atom stereocenters. The topological polar surface area (TPSA) is 37.0 Å². The summed E-state index contributed by atoms with van der Waals surface area (Å²) < 4.78 is 0. The van der Waals surface area contributed by atoms with Gasteiger partial charge >= 0.3 is 0 Å². The number of nitrogens with zero attached hydrogens (tertiary/aromatic N) is 1. The predicted octanol–water partition coefficient (Wildman–Crippen LogP) is 1.93. The number of thiazole rings is 1. The third-order valence-electron chi connectivity index (χ3n) is 2.13. The van der Waals surface area contributed by atoms with Crippen molar-refractivity contribution in [2.45, 2.75) is 46.3 Å². The number of hydrogen-bond acceptors (Lipinski definition) is 4. The van der Waals surface area contributed by atoms with Crippen molar-refractivity contribution in [3.8, 4) is 0 Å². The second kappa shape index (κ2) is 6.20. The molecule has 0 aliphatic carbocycles. The second-order valence-electron chi connectivity index (χ2n) is 4.19. The van der Waals surface area contributed by atoms with Gasteiger partial charge in [0.15, 0.2) is 0 Å². The van der Waals surface area contributed by atoms with E-state index < -0.39 is 0 Å². The molecule has 2 N–H and O–H groups in total. The smallest absolute Gasteiger partial charge is 0.0897 e. The first-order chi connectivity index (χ1) is 7.08. The molecule has 1 aromatic heterocycles. The zero-order valence-electron chi connectivity index (χ0n) is 10.0. The number of aryl methyl sites for hydroxylation is 1. The molecule has 15 heavy (non-hydrogen) atoms. The zero-order chi connectivity index (χ0) is 11.3. The first kappa shape index (κ1) is 12.6. The Morgan fingerprint density at radius 2 is 2.07 bits per heavy atom. The van der Waals surface area contributed by atoms with Gasteiger partial charge in [0, 0.05) is 36.2 Å². The summed E-state index contributed by atoms with van der Waals surface area (Å²) in [5, 5.41) is 8.03. The van der Waals surface area contributed by atoms with Gasteiger partial charge in [0.05, 0.1) is 5.01 Å². The minimum Gasteiger partial charge on any atom is -0.313 e. The summed E-state index contributed by atoms with van der Waals surface area (Å²) in [6, 6.07) is 1.05. The first-order valence-corrected chi connectivity index (χ1v) is 6.27. The molecule has 0 saturated heterocycles. The van der Waals surface area contributed by atoms with E-state index in [2.05, 4.69) is 36.4 Å². The molecular weight excluding hydrogens is 206 g/mol. The maximum absolute atomic E-state index is 4.23. The summed E-state index contributed by atoms with van der Waals surface area (Å²) >= 11 is 1.76. The van der Waals surface area contributed by atoms with Gasteiger partial charge in [-0.3, -0.25) is 0 Å². The standard InChI is InChI=1S/C11H21N3S/c1-8(2)12-5-9(3)13-6-11-7-14-10(4)15-11/h7-9,12-13H,5-6H2,1-4H3. The van der Waals surface area contributed by atoms with E-state index in [1.807, 2.05) is 13.1 Å². The molecule has 0 fully saturated rings. The van der Waals surface area contributed by atoms with Gasteiger partial charge in [-0.05, 0) is 13.8 Å². The van der Waals surface area contributed by atoms with E-state index in [-0.39, 0.29) is 0 Å². The fraction of sp³-hybridized carbons (Fsp3) is 0.727. The Morgan fingerprint density at radius 1 is 1.33 bits per heavy atom. The zero-order valence-corrected chi connectivity index (χ0v) is 10.8. The fourth-order valence-electron chi connectivity index (χ4n) is 1.25. The van der Waals surface area contributed by atoms with E-state index in [1.165, 1.54) is 4.88 Å². The normalized spacial score (nSPS) is 13.4. The lowest BCUT2D eigenvalue weighted by molar-refractivity contribution is 0.475. The summed E-state index contributed by atoms with van der Waals surface area (Å²) in [7, 11) is 0. The molecule has 1 unspecified atom stereocenters. The second-order valence-corrected chi connectivity index (χ2v) is 5.51. The van der Waals surface area contributed by atoms with Crippen LogP contribution >= 0.6 is 11.3 Å². The average molecular weight is 227 g/mol. The van der Waals surface area contributed by atoms with Gasteiger partial charge < -0.3 is 10.6 Å². The molecular formula is C11H21N3S. The Morgan fingerprint density at radius 3 is 2.60 bits per heavy atom. The fourth-order valence-corrected chi connectivity index (χ4v) is 1.99. The van der Waals surface area contributed by atoms with Gasteiger partial charge in [-0.2, -0.15) is 0 Å². The maximum atomic E-state index is 4.23. The highest BCUT2D eigenvalue weighted by Crippen LogP contribution is 2.10. The number of nitrogens with one attached hydrogen (secondary N) is 2. The van der Waals surface area contributed by atoms with E-state index in [4.69, 9.17) is 0 Å². The molecule has 3 nitrogen and oxygen atoms in total. The molecule has 0 radical (unpaired) electrons. The molecule has 1 rings (SSSR count). The van der Waals surface area contributed by atoms with Crippen LogP contribution in [0.5, 0.6) is 0 Å². The van der Waals surface area contributed by atoms with Crippen LogP contribution in [0.2, 0.25) is 0 Å². The first-order valence-electron chi connectivity index (χ1n) is 5.46. The van der Waals surface area contributed by atoms with E-state index in [1.54, 1.807) is 11.3 Å². The Labute approximate surface area is 96.3 Å². The van der Waals surface area contributed by atoms with Crippen LogP contribution in [0.1, 0.15) is 30.7 Å². The molecule has 0 aliphatic rings. The number of rotatable bonds is 6. The Hall–Kier alpha value is -0.450. The van der Waals surface area contributed by atoms with Crippen LogP contribution in [0.15, 0.2) is 6.20 Å². The summed E-state index contributed by atoms with van der Waals surface area (Å²) in [5.74, 6) is 0. The summed E-state index contributed by atoms with van der Waals surface area (Å²) in [4.78, 5) is 5.54. The summed E-state index contributed by atoms with van der Waals surface area (Å²) in [6.07, 6.45) is 1.95. The number of aromatic nitrogens is 1. The van der Waals surface area contributed by atoms with E-state index in [0.717, 1.165) is 18.1 Å². The molecule has 0 bridgehead atoms. The minimum atomic E-state index is 0.495. The Kier molecular flexibility index (Phi) is 5.22. The molecule has 0 amide bonds. The van der Waals surface area contributed by atoms with Gasteiger partial charge in [0.2, 0.25) is 0 Å². The lowest BCUT2D eigenvalue weighted by Gasteiger charge is -2.15. The number of hydrogen-bond donors (Lipinski definition) is 2. The van der Waals surface area contributed by atoms with Crippen molar-refractivity contribution in [1.82, 2.24) is 15.6 Å². The summed E-state index contributed by atoms with van der Waals surface area (Å²) in [5.41, 5.74) is 0. The molecule has 0 spiro atoms. The van der Waals surface area contributed by atoms with Crippen molar-refractivity contribution < 1.29 is 0 Å². The quantitative estimate of drug-likeness (QED) is 0.779. The molecule has 0 aromatic carbocycles.